The van der Waals surface area contributed by atoms with Crippen molar-refractivity contribution in [2.24, 2.45) is 0 Å². The molecule has 0 aliphatic carbocycles. The lowest BCUT2D eigenvalue weighted by atomic mass is 10.0. The zero-order valence-corrected chi connectivity index (χ0v) is 63.0. The van der Waals surface area contributed by atoms with Gasteiger partial charge in [-0.05, 0) is 116 Å². The lowest BCUT2D eigenvalue weighted by molar-refractivity contribution is -0.161. The Kier molecular flexibility index (Phi) is 69.6. The van der Waals surface area contributed by atoms with E-state index in [0.29, 0.717) is 19.3 Å². The highest BCUT2D eigenvalue weighted by atomic mass is 31.2. The number of rotatable bonds is 73. The van der Waals surface area contributed by atoms with Crippen LogP contribution in [-0.4, -0.2) is 95.9 Å². The van der Waals surface area contributed by atoms with Crippen molar-refractivity contribution in [2.45, 2.75) is 347 Å². The highest BCUT2D eigenvalue weighted by Gasteiger charge is 2.29. The van der Waals surface area contributed by atoms with Crippen LogP contribution in [0.3, 0.4) is 0 Å². The van der Waals surface area contributed by atoms with E-state index in [1.807, 2.05) is 0 Å². The molecule has 0 fully saturated rings. The number of aliphatic hydroxyl groups is 2. The summed E-state index contributed by atoms with van der Waals surface area (Å²) in [6.07, 6.45) is 82.1. The van der Waals surface area contributed by atoms with Crippen LogP contribution in [0.4, 0.5) is 0 Å². The summed E-state index contributed by atoms with van der Waals surface area (Å²) in [5.41, 5.74) is 0. The van der Waals surface area contributed by atoms with Crippen molar-refractivity contribution in [3.63, 3.8) is 0 Å². The maximum Gasteiger partial charge on any atom is 0.472 e. The molecule has 0 saturated carbocycles. The predicted molar refractivity (Wildman–Crippen MR) is 399 cm³/mol. The van der Waals surface area contributed by atoms with Crippen molar-refractivity contribution in [1.82, 2.24) is 0 Å². The number of allylic oxidation sites excluding steroid dienone is 16. The van der Waals surface area contributed by atoms with Crippen LogP contribution in [0, 0.1) is 0 Å². The summed E-state index contributed by atoms with van der Waals surface area (Å²) in [4.78, 5) is 58.4. The van der Waals surface area contributed by atoms with Crippen molar-refractivity contribution in [1.29, 1.82) is 0 Å². The second-order valence-electron chi connectivity index (χ2n) is 25.8. The fourth-order valence-corrected chi connectivity index (χ4v) is 12.0. The molecule has 0 bridgehead atoms. The van der Waals surface area contributed by atoms with Crippen molar-refractivity contribution < 1.29 is 75.8 Å². The normalized spacial score (nSPS) is 14.6. The Labute approximate surface area is 590 Å². The van der Waals surface area contributed by atoms with E-state index in [-0.39, 0.29) is 19.3 Å². The number of hydrogen-bond acceptors (Lipinski definition) is 14. The van der Waals surface area contributed by atoms with Crippen LogP contribution in [0.1, 0.15) is 329 Å². The standard InChI is InChI=1S/C79H140O16P2/c1-4-7-10-13-16-19-22-24-26-27-28-29-30-31-32-33-34-35-36-37-38-39-40-41-42-43-44-45-47-49-51-53-56-59-62-65-77(82)89-68-74(80)69-91-96(85,86)92-70-75(81)71-93-97(87,88)94-73-76(95-79(84)67-64-61-58-55-50-21-18-15-12-9-6-3)72-90-78(83)66-63-60-57-54-52-48-46-25-23-20-17-14-11-8-5-2/h7,10,15-16,18-19,24-26,28-29,31-32,34-35,46,74-76,80-81H,4-6,8-9,11-14,17,20-23,27,30,33,36-45,47-73H2,1-3H3,(H,85,86)(H,87,88)/b10-7-,18-15-,19-16-,26-24-,29-28-,32-31-,35-34-,46-25-. The smallest absolute Gasteiger partial charge is 0.463 e. The van der Waals surface area contributed by atoms with Gasteiger partial charge >= 0.3 is 33.6 Å². The Balaban J connectivity index is 4.29. The van der Waals surface area contributed by atoms with E-state index in [9.17, 15) is 43.5 Å². The average molecular weight is 1410 g/mol. The molecule has 5 atom stereocenters. The van der Waals surface area contributed by atoms with Crippen molar-refractivity contribution >= 4 is 33.6 Å². The molecule has 0 aliphatic rings. The quantitative estimate of drug-likeness (QED) is 0.0146. The molecule has 0 aromatic rings. The van der Waals surface area contributed by atoms with E-state index >= 15 is 0 Å². The topological polar surface area (TPSA) is 231 Å². The molecule has 0 spiro atoms. The molecule has 0 saturated heterocycles. The molecule has 562 valence electrons. The van der Waals surface area contributed by atoms with Gasteiger partial charge < -0.3 is 34.2 Å². The van der Waals surface area contributed by atoms with E-state index in [2.05, 4.69) is 118 Å². The van der Waals surface area contributed by atoms with Crippen LogP contribution in [-0.2, 0) is 55.8 Å². The molecule has 97 heavy (non-hydrogen) atoms. The molecule has 4 N–H and O–H groups in total. The number of esters is 3. The summed E-state index contributed by atoms with van der Waals surface area (Å²) < 4.78 is 60.9. The van der Waals surface area contributed by atoms with E-state index in [0.717, 1.165) is 135 Å². The molecular weight excluding hydrogens is 1270 g/mol. The largest absolute Gasteiger partial charge is 0.472 e. The van der Waals surface area contributed by atoms with E-state index < -0.39 is 91.5 Å². The number of carbonyl (C=O) groups is 3. The Morgan fingerprint density at radius 2 is 0.557 bits per heavy atom. The number of hydrogen-bond donors (Lipinski definition) is 4. The maximum atomic E-state index is 12.9. The fraction of sp³-hybridized carbons (Fsp3) is 0.759. The molecule has 0 aromatic carbocycles. The lowest BCUT2D eigenvalue weighted by Gasteiger charge is -2.21. The first-order valence-corrected chi connectivity index (χ1v) is 41.5. The molecule has 0 radical (unpaired) electrons. The minimum Gasteiger partial charge on any atom is -0.463 e. The third kappa shape index (κ3) is 73.5. The molecule has 0 amide bonds. The third-order valence-electron chi connectivity index (χ3n) is 16.3. The molecule has 0 aliphatic heterocycles. The molecule has 16 nitrogen and oxygen atoms in total. The Morgan fingerprint density at radius 3 is 0.907 bits per heavy atom. The van der Waals surface area contributed by atoms with Gasteiger partial charge in [0.25, 0.3) is 0 Å². The molecule has 0 aromatic heterocycles. The summed E-state index contributed by atoms with van der Waals surface area (Å²) in [5.74, 6) is -1.58. The van der Waals surface area contributed by atoms with E-state index in [4.69, 9.17) is 32.3 Å². The van der Waals surface area contributed by atoms with Gasteiger partial charge in [-0.25, -0.2) is 9.13 Å². The van der Waals surface area contributed by atoms with Gasteiger partial charge in [0.2, 0.25) is 0 Å². The molecular formula is C79H140O16P2. The van der Waals surface area contributed by atoms with Gasteiger partial charge in [-0.2, -0.15) is 0 Å². The van der Waals surface area contributed by atoms with Crippen LogP contribution in [0.15, 0.2) is 97.2 Å². The molecule has 5 unspecified atom stereocenters. The van der Waals surface area contributed by atoms with Gasteiger partial charge in [0.1, 0.15) is 25.4 Å². The van der Waals surface area contributed by atoms with Gasteiger partial charge in [-0.1, -0.05) is 291 Å². The highest BCUT2D eigenvalue weighted by Crippen LogP contribution is 2.45. The SMILES string of the molecule is CC/C=C\C/C=C\C/C=C\C/C=C\C/C=C\C/C=C\CCCCCCCCCCCCCCCCCCC(=O)OCC(O)COP(=O)(O)OCC(O)COP(=O)(O)OCC(COC(=O)CCCCCCC/C=C\CCCCCCCC)OC(=O)CCCCCCC/C=C\CCCC. The van der Waals surface area contributed by atoms with Crippen LogP contribution in [0.5, 0.6) is 0 Å². The second-order valence-corrected chi connectivity index (χ2v) is 28.7. The first-order valence-electron chi connectivity index (χ1n) is 38.5. The minimum atomic E-state index is -4.92. The van der Waals surface area contributed by atoms with Crippen LogP contribution in [0.25, 0.3) is 0 Å². The number of carbonyl (C=O) groups excluding carboxylic acids is 3. The first-order chi connectivity index (χ1) is 47.2. The highest BCUT2D eigenvalue weighted by molar-refractivity contribution is 7.47. The molecule has 0 rings (SSSR count). The van der Waals surface area contributed by atoms with Crippen molar-refractivity contribution in [3.05, 3.63) is 97.2 Å². The number of phosphoric acid groups is 2. The summed E-state index contributed by atoms with van der Waals surface area (Å²) in [5, 5.41) is 20.6. The van der Waals surface area contributed by atoms with Crippen molar-refractivity contribution in [2.75, 3.05) is 39.6 Å². The summed E-state index contributed by atoms with van der Waals surface area (Å²) in [6.45, 7) is 2.52. The van der Waals surface area contributed by atoms with Crippen LogP contribution < -0.4 is 0 Å². The van der Waals surface area contributed by atoms with E-state index in [1.165, 1.54) is 135 Å². The van der Waals surface area contributed by atoms with Crippen molar-refractivity contribution in [3.8, 4) is 0 Å². The van der Waals surface area contributed by atoms with Gasteiger partial charge in [0.15, 0.2) is 6.10 Å². The molecule has 0 heterocycles. The van der Waals surface area contributed by atoms with Gasteiger partial charge in [-0.3, -0.25) is 32.5 Å². The predicted octanol–water partition coefficient (Wildman–Crippen LogP) is 22.2. The number of unbranched alkanes of at least 4 members (excludes halogenated alkanes) is 34. The number of aliphatic hydroxyl groups excluding tert-OH is 2. The molecule has 18 heteroatoms. The summed E-state index contributed by atoms with van der Waals surface area (Å²) >= 11 is 0. The lowest BCUT2D eigenvalue weighted by Crippen LogP contribution is -2.30. The van der Waals surface area contributed by atoms with Crippen LogP contribution >= 0.6 is 15.6 Å². The van der Waals surface area contributed by atoms with Crippen LogP contribution in [0.2, 0.25) is 0 Å². The Morgan fingerprint density at radius 1 is 0.299 bits per heavy atom. The average Bonchev–Trinajstić information content (AvgIpc) is 2.25. The Bertz CT molecular complexity index is 2150. The number of ether oxygens (including phenoxy) is 3. The zero-order chi connectivity index (χ0) is 70.9. The number of phosphoric ester groups is 2. The third-order valence-corrected chi connectivity index (χ3v) is 18.2. The van der Waals surface area contributed by atoms with Gasteiger partial charge in [0.05, 0.1) is 26.4 Å². The zero-order valence-electron chi connectivity index (χ0n) is 61.2. The van der Waals surface area contributed by atoms with Gasteiger partial charge in [0, 0.05) is 19.3 Å². The fourth-order valence-electron chi connectivity index (χ4n) is 10.4. The minimum absolute atomic E-state index is 0.0947. The Hall–Kier alpha value is -3.53. The van der Waals surface area contributed by atoms with Gasteiger partial charge in [-0.15, -0.1) is 0 Å². The monoisotopic (exact) mass is 1410 g/mol. The first kappa shape index (κ1) is 93.5. The summed E-state index contributed by atoms with van der Waals surface area (Å²) in [7, 11) is -9.77. The second kappa shape index (κ2) is 72.3. The summed E-state index contributed by atoms with van der Waals surface area (Å²) in [6, 6.07) is 0. The maximum absolute atomic E-state index is 12.9. The van der Waals surface area contributed by atoms with E-state index in [1.54, 1.807) is 0 Å².